The molecule has 1 heterocycles. The molecular formula is C9H17NO7. The zero-order chi connectivity index (χ0) is 13.2. The van der Waals surface area contributed by atoms with E-state index in [1.165, 1.54) is 6.92 Å². The molecule has 0 aliphatic carbocycles. The molecule has 8 nitrogen and oxygen atoms in total. The Morgan fingerprint density at radius 1 is 1.24 bits per heavy atom. The lowest BCUT2D eigenvalue weighted by Crippen LogP contribution is -2.61. The Kier molecular flexibility index (Phi) is 4.80. The van der Waals surface area contributed by atoms with Gasteiger partial charge >= 0.3 is 0 Å². The SMILES string of the molecule is CC(=O)NC[C@H](O)[C@@H]1O[C@@H](O)[C@H](O)[C@H](O)[C@H]1O. The smallest absolute Gasteiger partial charge is 0.216 e. The van der Waals surface area contributed by atoms with Crippen molar-refractivity contribution in [2.45, 2.75) is 43.7 Å². The molecule has 0 aromatic carbocycles. The fraction of sp³-hybridized carbons (Fsp3) is 0.889. The van der Waals surface area contributed by atoms with Crippen LogP contribution in [-0.4, -0.2) is 74.8 Å². The quantitative estimate of drug-likeness (QED) is 0.303. The minimum atomic E-state index is -1.70. The van der Waals surface area contributed by atoms with Gasteiger partial charge in [-0.2, -0.15) is 0 Å². The molecule has 8 heteroatoms. The molecule has 1 aliphatic rings. The van der Waals surface area contributed by atoms with E-state index in [4.69, 9.17) is 4.74 Å². The maximum absolute atomic E-state index is 10.6. The van der Waals surface area contributed by atoms with Crippen molar-refractivity contribution in [3.05, 3.63) is 0 Å². The molecule has 6 atom stereocenters. The zero-order valence-electron chi connectivity index (χ0n) is 9.22. The maximum Gasteiger partial charge on any atom is 0.216 e. The number of rotatable bonds is 3. The average Bonchev–Trinajstić information content (AvgIpc) is 2.28. The highest BCUT2D eigenvalue weighted by atomic mass is 16.6. The third-order valence-corrected chi connectivity index (χ3v) is 2.56. The summed E-state index contributed by atoms with van der Waals surface area (Å²) in [5.74, 6) is -0.379. The van der Waals surface area contributed by atoms with Crippen LogP contribution in [0.15, 0.2) is 0 Å². The standard InChI is InChI=1S/C9H17NO7/c1-3(11)10-2-4(12)8-6(14)5(13)7(15)9(16)17-8/h4-9,12-16H,2H2,1H3,(H,10,11)/t4-,5+,6+,7+,8-,9+/m0/s1. The highest BCUT2D eigenvalue weighted by Gasteiger charge is 2.45. The number of hydrogen-bond acceptors (Lipinski definition) is 7. The van der Waals surface area contributed by atoms with Gasteiger partial charge in [-0.25, -0.2) is 0 Å². The van der Waals surface area contributed by atoms with Crippen LogP contribution in [0.4, 0.5) is 0 Å². The van der Waals surface area contributed by atoms with Crippen molar-refractivity contribution in [3.8, 4) is 0 Å². The van der Waals surface area contributed by atoms with Crippen LogP contribution in [0.1, 0.15) is 6.92 Å². The third kappa shape index (κ3) is 3.35. The lowest BCUT2D eigenvalue weighted by atomic mass is 9.95. The van der Waals surface area contributed by atoms with Gasteiger partial charge in [0.05, 0.1) is 0 Å². The summed E-state index contributed by atoms with van der Waals surface area (Å²) in [6.07, 6.45) is -9.14. The second kappa shape index (κ2) is 5.71. The number of ether oxygens (including phenoxy) is 1. The molecule has 1 amide bonds. The van der Waals surface area contributed by atoms with Crippen LogP contribution in [-0.2, 0) is 9.53 Å². The molecule has 0 bridgehead atoms. The summed E-state index contributed by atoms with van der Waals surface area (Å²) >= 11 is 0. The Morgan fingerprint density at radius 2 is 1.82 bits per heavy atom. The minimum Gasteiger partial charge on any atom is -0.388 e. The Morgan fingerprint density at radius 3 is 2.35 bits per heavy atom. The van der Waals surface area contributed by atoms with E-state index < -0.39 is 36.8 Å². The Bertz CT molecular complexity index is 274. The van der Waals surface area contributed by atoms with Crippen molar-refractivity contribution < 1.29 is 35.1 Å². The van der Waals surface area contributed by atoms with E-state index in [0.29, 0.717) is 0 Å². The van der Waals surface area contributed by atoms with Gasteiger partial charge in [0.15, 0.2) is 6.29 Å². The molecule has 100 valence electrons. The van der Waals surface area contributed by atoms with Gasteiger partial charge in [0, 0.05) is 13.5 Å². The predicted molar refractivity (Wildman–Crippen MR) is 53.6 cm³/mol. The average molecular weight is 251 g/mol. The summed E-state index contributed by atoms with van der Waals surface area (Å²) in [6.45, 7) is 1.05. The van der Waals surface area contributed by atoms with Crippen molar-refractivity contribution in [2.75, 3.05) is 6.54 Å². The Labute approximate surface area is 97.4 Å². The van der Waals surface area contributed by atoms with Crippen molar-refractivity contribution in [1.82, 2.24) is 5.32 Å². The fourth-order valence-electron chi connectivity index (χ4n) is 1.57. The topological polar surface area (TPSA) is 139 Å². The second-order valence-electron chi connectivity index (χ2n) is 3.97. The van der Waals surface area contributed by atoms with Gasteiger partial charge in [0.25, 0.3) is 0 Å². The molecular weight excluding hydrogens is 234 g/mol. The number of carbonyl (C=O) groups excluding carboxylic acids is 1. The normalized spacial score (nSPS) is 39.8. The van der Waals surface area contributed by atoms with E-state index in [-0.39, 0.29) is 12.5 Å². The highest BCUT2D eigenvalue weighted by molar-refractivity contribution is 5.72. The number of carbonyl (C=O) groups is 1. The van der Waals surface area contributed by atoms with E-state index in [0.717, 1.165) is 0 Å². The number of aliphatic hydroxyl groups excluding tert-OH is 5. The summed E-state index contributed by atoms with van der Waals surface area (Å²) in [5, 5.41) is 49.2. The number of aliphatic hydroxyl groups is 5. The molecule has 1 fully saturated rings. The minimum absolute atomic E-state index is 0.202. The van der Waals surface area contributed by atoms with E-state index in [1.807, 2.05) is 0 Å². The molecule has 0 aromatic rings. The lowest BCUT2D eigenvalue weighted by molar-refractivity contribution is -0.296. The van der Waals surface area contributed by atoms with Crippen LogP contribution in [0.3, 0.4) is 0 Å². The monoisotopic (exact) mass is 251 g/mol. The number of amides is 1. The zero-order valence-corrected chi connectivity index (χ0v) is 9.22. The van der Waals surface area contributed by atoms with Gasteiger partial charge in [0.2, 0.25) is 5.91 Å². The molecule has 0 unspecified atom stereocenters. The summed E-state index contributed by atoms with van der Waals surface area (Å²) in [5.41, 5.74) is 0. The summed E-state index contributed by atoms with van der Waals surface area (Å²) in [4.78, 5) is 10.6. The van der Waals surface area contributed by atoms with Crippen LogP contribution >= 0.6 is 0 Å². The van der Waals surface area contributed by atoms with E-state index >= 15 is 0 Å². The first kappa shape index (κ1) is 14.3. The lowest BCUT2D eigenvalue weighted by Gasteiger charge is -2.40. The second-order valence-corrected chi connectivity index (χ2v) is 3.97. The predicted octanol–water partition coefficient (Wildman–Crippen LogP) is -3.72. The van der Waals surface area contributed by atoms with Crippen LogP contribution in [0.25, 0.3) is 0 Å². The molecule has 1 saturated heterocycles. The van der Waals surface area contributed by atoms with Gasteiger partial charge in [-0.05, 0) is 0 Å². The largest absolute Gasteiger partial charge is 0.388 e. The van der Waals surface area contributed by atoms with Gasteiger partial charge in [0.1, 0.15) is 30.5 Å². The van der Waals surface area contributed by atoms with Crippen molar-refractivity contribution >= 4 is 5.91 Å². The van der Waals surface area contributed by atoms with Crippen LogP contribution in [0, 0.1) is 0 Å². The van der Waals surface area contributed by atoms with E-state index in [2.05, 4.69) is 5.32 Å². The van der Waals surface area contributed by atoms with Crippen LogP contribution < -0.4 is 5.32 Å². The van der Waals surface area contributed by atoms with Gasteiger partial charge in [-0.3, -0.25) is 4.79 Å². The molecule has 17 heavy (non-hydrogen) atoms. The Hall–Kier alpha value is -0.770. The van der Waals surface area contributed by atoms with E-state index in [9.17, 15) is 30.3 Å². The summed E-state index contributed by atoms with van der Waals surface area (Å²) in [7, 11) is 0. The summed E-state index contributed by atoms with van der Waals surface area (Å²) in [6, 6.07) is 0. The maximum atomic E-state index is 10.6. The van der Waals surface area contributed by atoms with Gasteiger partial charge < -0.3 is 35.6 Å². The van der Waals surface area contributed by atoms with Gasteiger partial charge in [-0.1, -0.05) is 0 Å². The van der Waals surface area contributed by atoms with Crippen molar-refractivity contribution in [1.29, 1.82) is 0 Å². The number of hydrogen-bond donors (Lipinski definition) is 6. The highest BCUT2D eigenvalue weighted by Crippen LogP contribution is 2.21. The molecule has 0 radical (unpaired) electrons. The Balaban J connectivity index is 2.60. The first-order valence-corrected chi connectivity index (χ1v) is 5.14. The fourth-order valence-corrected chi connectivity index (χ4v) is 1.57. The van der Waals surface area contributed by atoms with Crippen molar-refractivity contribution in [2.24, 2.45) is 0 Å². The van der Waals surface area contributed by atoms with Gasteiger partial charge in [-0.15, -0.1) is 0 Å². The van der Waals surface area contributed by atoms with E-state index in [1.54, 1.807) is 0 Å². The first-order valence-electron chi connectivity index (χ1n) is 5.14. The molecule has 6 N–H and O–H groups in total. The molecule has 0 aromatic heterocycles. The summed E-state index contributed by atoms with van der Waals surface area (Å²) < 4.78 is 4.77. The molecule has 1 rings (SSSR count). The molecule has 0 saturated carbocycles. The van der Waals surface area contributed by atoms with Crippen molar-refractivity contribution in [3.63, 3.8) is 0 Å². The first-order chi connectivity index (χ1) is 7.84. The molecule has 1 aliphatic heterocycles. The van der Waals surface area contributed by atoms with Crippen LogP contribution in [0.5, 0.6) is 0 Å². The molecule has 0 spiro atoms. The third-order valence-electron chi connectivity index (χ3n) is 2.56. The number of nitrogens with one attached hydrogen (secondary N) is 1. The van der Waals surface area contributed by atoms with Crippen LogP contribution in [0.2, 0.25) is 0 Å².